The third-order valence-electron chi connectivity index (χ3n) is 4.83. The van der Waals surface area contributed by atoms with Gasteiger partial charge in [-0.2, -0.15) is 0 Å². The monoisotopic (exact) mass is 412 g/mol. The zero-order chi connectivity index (χ0) is 20.2. The average molecular weight is 412 g/mol. The number of non-ortho nitro benzene ring substituents is 1. The van der Waals surface area contributed by atoms with E-state index in [2.05, 4.69) is 9.88 Å². The number of ether oxygens (including phenoxy) is 1. The van der Waals surface area contributed by atoms with E-state index in [-0.39, 0.29) is 18.2 Å². The van der Waals surface area contributed by atoms with E-state index in [4.69, 9.17) is 4.74 Å². The Balaban J connectivity index is 1.25. The number of hydrogen-bond acceptors (Lipinski definition) is 7. The van der Waals surface area contributed by atoms with Crippen molar-refractivity contribution in [2.24, 2.45) is 0 Å². The summed E-state index contributed by atoms with van der Waals surface area (Å²) in [4.78, 5) is 31.3. The molecular weight excluding hydrogens is 392 g/mol. The summed E-state index contributed by atoms with van der Waals surface area (Å²) in [7, 11) is 0. The van der Waals surface area contributed by atoms with Crippen LogP contribution in [-0.4, -0.2) is 53.5 Å². The third kappa shape index (κ3) is 4.52. The minimum Gasteiger partial charge on any atom is -0.368 e. The van der Waals surface area contributed by atoms with Crippen LogP contribution in [-0.2, 0) is 16.1 Å². The Labute approximate surface area is 171 Å². The number of nitro groups is 1. The molecule has 0 aliphatic carbocycles. The van der Waals surface area contributed by atoms with Crippen LogP contribution in [0.15, 0.2) is 48.5 Å². The van der Waals surface area contributed by atoms with Crippen LogP contribution in [0, 0.1) is 10.1 Å². The average Bonchev–Trinajstić information content (AvgIpc) is 3.16. The largest absolute Gasteiger partial charge is 0.368 e. The van der Waals surface area contributed by atoms with Gasteiger partial charge in [-0.25, -0.2) is 4.98 Å². The highest BCUT2D eigenvalue weighted by atomic mass is 32.1. The number of aromatic nitrogens is 1. The highest BCUT2D eigenvalue weighted by Crippen LogP contribution is 2.23. The zero-order valence-corrected chi connectivity index (χ0v) is 16.5. The van der Waals surface area contributed by atoms with E-state index in [1.54, 1.807) is 28.4 Å². The maximum atomic E-state index is 12.4. The van der Waals surface area contributed by atoms with Crippen LogP contribution >= 0.6 is 11.3 Å². The summed E-state index contributed by atoms with van der Waals surface area (Å²) in [5, 5.41) is 11.8. The van der Waals surface area contributed by atoms with Gasteiger partial charge < -0.3 is 14.5 Å². The van der Waals surface area contributed by atoms with Crippen molar-refractivity contribution in [2.75, 3.05) is 37.7 Å². The summed E-state index contributed by atoms with van der Waals surface area (Å²) in [5.74, 6) is -0.0511. The molecule has 3 aromatic rings. The fourth-order valence-electron chi connectivity index (χ4n) is 3.32. The maximum absolute atomic E-state index is 12.4. The molecule has 9 heteroatoms. The minimum atomic E-state index is -0.397. The summed E-state index contributed by atoms with van der Waals surface area (Å²) in [6.45, 7) is 2.72. The fourth-order valence-corrected chi connectivity index (χ4v) is 4.22. The van der Waals surface area contributed by atoms with E-state index in [1.165, 1.54) is 6.07 Å². The molecule has 29 heavy (non-hydrogen) atoms. The predicted octanol–water partition coefficient (Wildman–Crippen LogP) is 3.07. The second-order valence-corrected chi connectivity index (χ2v) is 7.83. The molecular formula is C20H20N4O4S. The number of thiazole rings is 1. The van der Waals surface area contributed by atoms with Crippen molar-refractivity contribution in [1.82, 2.24) is 9.88 Å². The van der Waals surface area contributed by atoms with Gasteiger partial charge in [0.15, 0.2) is 0 Å². The first-order chi connectivity index (χ1) is 14.1. The number of nitro benzene ring substituents is 1. The van der Waals surface area contributed by atoms with E-state index in [9.17, 15) is 14.9 Å². The first kappa shape index (κ1) is 19.3. The normalized spacial score (nSPS) is 14.3. The summed E-state index contributed by atoms with van der Waals surface area (Å²) in [6, 6.07) is 14.5. The Morgan fingerprint density at radius 1 is 1.14 bits per heavy atom. The molecule has 1 aliphatic heterocycles. The topological polar surface area (TPSA) is 88.8 Å². The van der Waals surface area contributed by atoms with Crippen molar-refractivity contribution in [3.8, 4) is 0 Å². The number of anilines is 1. The van der Waals surface area contributed by atoms with Gasteiger partial charge in [0.25, 0.3) is 5.69 Å². The number of para-hydroxylation sites is 1. The molecule has 0 spiro atoms. The molecule has 4 rings (SSSR count). The van der Waals surface area contributed by atoms with Crippen LogP contribution < -0.4 is 4.90 Å². The van der Waals surface area contributed by atoms with Gasteiger partial charge in [-0.05, 0) is 18.2 Å². The molecule has 150 valence electrons. The summed E-state index contributed by atoms with van der Waals surface area (Å²) < 4.78 is 6.69. The number of benzene rings is 2. The molecule has 0 saturated carbocycles. The molecule has 0 radical (unpaired) electrons. The van der Waals surface area contributed by atoms with Crippen molar-refractivity contribution in [3.05, 3.63) is 63.7 Å². The van der Waals surface area contributed by atoms with Crippen molar-refractivity contribution < 1.29 is 14.5 Å². The quantitative estimate of drug-likeness (QED) is 0.457. The van der Waals surface area contributed by atoms with Gasteiger partial charge in [0.2, 0.25) is 5.91 Å². The van der Waals surface area contributed by atoms with Crippen LogP contribution in [0.2, 0.25) is 0 Å². The smallest absolute Gasteiger partial charge is 0.271 e. The highest BCUT2D eigenvalue weighted by Gasteiger charge is 2.22. The second-order valence-electron chi connectivity index (χ2n) is 6.71. The van der Waals surface area contributed by atoms with Crippen LogP contribution in [0.4, 0.5) is 11.4 Å². The van der Waals surface area contributed by atoms with Gasteiger partial charge in [0.05, 0.1) is 21.7 Å². The second kappa shape index (κ2) is 8.54. The first-order valence-electron chi connectivity index (χ1n) is 9.29. The maximum Gasteiger partial charge on any atom is 0.271 e. The molecule has 2 aromatic carbocycles. The van der Waals surface area contributed by atoms with E-state index in [0.717, 1.165) is 20.9 Å². The van der Waals surface area contributed by atoms with Crippen LogP contribution in [0.5, 0.6) is 0 Å². The summed E-state index contributed by atoms with van der Waals surface area (Å²) in [6.07, 6.45) is 0. The Kier molecular flexibility index (Phi) is 5.68. The van der Waals surface area contributed by atoms with E-state index in [0.29, 0.717) is 32.8 Å². The number of amides is 1. The van der Waals surface area contributed by atoms with E-state index in [1.807, 2.05) is 30.3 Å². The van der Waals surface area contributed by atoms with Crippen molar-refractivity contribution >= 4 is 38.8 Å². The Hall–Kier alpha value is -3.04. The summed E-state index contributed by atoms with van der Waals surface area (Å²) >= 11 is 1.57. The first-order valence-corrected chi connectivity index (χ1v) is 10.1. The number of piperazine rings is 1. The van der Waals surface area contributed by atoms with Gasteiger partial charge in [-0.1, -0.05) is 18.2 Å². The minimum absolute atomic E-state index is 0.0206. The number of carbonyl (C=O) groups excluding carboxylic acids is 1. The molecule has 1 saturated heterocycles. The lowest BCUT2D eigenvalue weighted by Gasteiger charge is -2.36. The molecule has 1 aromatic heterocycles. The standard InChI is InChI=1S/C20H20N4O4S/c25-20(14-28-13-19-21-17-6-1-2-7-18(17)29-19)23-10-8-22(9-11-23)15-4-3-5-16(12-15)24(26)27/h1-7,12H,8-11,13-14H2. The molecule has 2 heterocycles. The molecule has 1 fully saturated rings. The summed E-state index contributed by atoms with van der Waals surface area (Å²) in [5.41, 5.74) is 1.82. The highest BCUT2D eigenvalue weighted by molar-refractivity contribution is 7.18. The Morgan fingerprint density at radius 3 is 2.69 bits per heavy atom. The SMILES string of the molecule is O=C(COCc1nc2ccccc2s1)N1CCN(c2cccc([N+](=O)[O-])c2)CC1. The lowest BCUT2D eigenvalue weighted by atomic mass is 10.2. The lowest BCUT2D eigenvalue weighted by molar-refractivity contribution is -0.384. The van der Waals surface area contributed by atoms with E-state index >= 15 is 0 Å². The van der Waals surface area contributed by atoms with Crippen LogP contribution in [0.25, 0.3) is 10.2 Å². The predicted molar refractivity (Wildman–Crippen MR) is 111 cm³/mol. The Morgan fingerprint density at radius 2 is 1.93 bits per heavy atom. The lowest BCUT2D eigenvalue weighted by Crippen LogP contribution is -2.49. The molecule has 0 bridgehead atoms. The van der Waals surface area contributed by atoms with Gasteiger partial charge in [0.1, 0.15) is 11.6 Å². The van der Waals surface area contributed by atoms with Gasteiger partial charge in [-0.15, -0.1) is 11.3 Å². The van der Waals surface area contributed by atoms with Crippen LogP contribution in [0.1, 0.15) is 5.01 Å². The van der Waals surface area contributed by atoms with Crippen molar-refractivity contribution in [2.45, 2.75) is 6.61 Å². The number of fused-ring (bicyclic) bond motifs is 1. The van der Waals surface area contributed by atoms with Crippen molar-refractivity contribution in [3.63, 3.8) is 0 Å². The Bertz CT molecular complexity index is 997. The number of rotatable bonds is 6. The molecule has 0 atom stereocenters. The van der Waals surface area contributed by atoms with Gasteiger partial charge in [0, 0.05) is 44.0 Å². The number of carbonyl (C=O) groups is 1. The fraction of sp³-hybridized carbons (Fsp3) is 0.300. The van der Waals surface area contributed by atoms with E-state index < -0.39 is 4.92 Å². The molecule has 1 amide bonds. The molecule has 0 N–H and O–H groups in total. The van der Waals surface area contributed by atoms with Crippen LogP contribution in [0.3, 0.4) is 0 Å². The van der Waals surface area contributed by atoms with Gasteiger partial charge in [-0.3, -0.25) is 14.9 Å². The molecule has 0 unspecified atom stereocenters. The molecule has 8 nitrogen and oxygen atoms in total. The number of nitrogens with zero attached hydrogens (tertiary/aromatic N) is 4. The van der Waals surface area contributed by atoms with Crippen molar-refractivity contribution in [1.29, 1.82) is 0 Å². The van der Waals surface area contributed by atoms with Gasteiger partial charge >= 0.3 is 0 Å². The zero-order valence-electron chi connectivity index (χ0n) is 15.7. The third-order valence-corrected chi connectivity index (χ3v) is 5.84. The molecule has 1 aliphatic rings. The number of hydrogen-bond donors (Lipinski definition) is 0.